The van der Waals surface area contributed by atoms with Gasteiger partial charge in [-0.25, -0.2) is 0 Å². The van der Waals surface area contributed by atoms with E-state index in [1.807, 2.05) is 52.0 Å². The molecule has 4 rings (SSSR count). The number of fused-ring (bicyclic) bond motifs is 2. The van der Waals surface area contributed by atoms with E-state index in [0.29, 0.717) is 5.02 Å². The summed E-state index contributed by atoms with van der Waals surface area (Å²) in [4.78, 5) is 4.56. The van der Waals surface area contributed by atoms with E-state index in [9.17, 15) is 5.21 Å². The van der Waals surface area contributed by atoms with E-state index in [1.54, 1.807) is 11.8 Å². The summed E-state index contributed by atoms with van der Waals surface area (Å²) in [5.74, 6) is 0. The van der Waals surface area contributed by atoms with Crippen molar-refractivity contribution in [3.05, 3.63) is 64.5 Å². The van der Waals surface area contributed by atoms with Crippen molar-refractivity contribution in [3.8, 4) is 0 Å². The van der Waals surface area contributed by atoms with E-state index in [1.165, 1.54) is 4.90 Å². The van der Waals surface area contributed by atoms with Crippen LogP contribution in [0, 0.1) is 5.21 Å². The minimum absolute atomic E-state index is 0.245. The van der Waals surface area contributed by atoms with Crippen LogP contribution in [0.15, 0.2) is 64.0 Å². The molecule has 2 aliphatic rings. The summed E-state index contributed by atoms with van der Waals surface area (Å²) in [6.07, 6.45) is 2.12. The molecule has 1 N–H and O–H groups in total. The SMILES string of the molecule is CC1(C)C=C(N2c3ccccc3Sc3ccc(Cl)cc32)C(C)(C)[NH+]1[O-]. The normalized spacial score (nSPS) is 23.0. The maximum atomic E-state index is 13.0. The molecule has 0 aliphatic carbocycles. The minimum atomic E-state index is -0.557. The van der Waals surface area contributed by atoms with Gasteiger partial charge in [-0.15, -0.1) is 0 Å². The third-order valence-electron chi connectivity index (χ3n) is 5.02. The fourth-order valence-electron chi connectivity index (χ4n) is 3.84. The van der Waals surface area contributed by atoms with Crippen LogP contribution in [0.5, 0.6) is 0 Å². The number of anilines is 2. The van der Waals surface area contributed by atoms with Crippen LogP contribution in [0.3, 0.4) is 0 Å². The standard InChI is InChI=1S/C20H21ClN2OS/c1-19(2)12-18(20(3,4)23(19)24)22-14-7-5-6-8-16(14)25-17-10-9-13(21)11-15(17)22/h5-12,23H,1-4H3. The monoisotopic (exact) mass is 372 g/mol. The maximum absolute atomic E-state index is 13.0. The number of rotatable bonds is 1. The van der Waals surface area contributed by atoms with Crippen molar-refractivity contribution < 1.29 is 5.06 Å². The maximum Gasteiger partial charge on any atom is 0.133 e. The zero-order valence-corrected chi connectivity index (χ0v) is 16.3. The molecule has 1 atom stereocenters. The topological polar surface area (TPSA) is 30.7 Å². The van der Waals surface area contributed by atoms with Crippen molar-refractivity contribution in [2.75, 3.05) is 4.90 Å². The molecule has 0 radical (unpaired) electrons. The first-order chi connectivity index (χ1) is 11.7. The Morgan fingerprint density at radius 3 is 2.36 bits per heavy atom. The Bertz CT molecular complexity index is 891. The van der Waals surface area contributed by atoms with Crippen molar-refractivity contribution >= 4 is 34.7 Å². The van der Waals surface area contributed by atoms with E-state index in [4.69, 9.17) is 11.6 Å². The third kappa shape index (κ3) is 2.51. The smallest absolute Gasteiger partial charge is 0.133 e. The van der Waals surface area contributed by atoms with Crippen LogP contribution in [-0.2, 0) is 0 Å². The number of nitrogens with one attached hydrogen (secondary N) is 1. The van der Waals surface area contributed by atoms with E-state index < -0.39 is 11.1 Å². The van der Waals surface area contributed by atoms with Gasteiger partial charge in [0, 0.05) is 20.9 Å². The summed E-state index contributed by atoms with van der Waals surface area (Å²) in [5.41, 5.74) is 2.14. The van der Waals surface area contributed by atoms with E-state index in [0.717, 1.165) is 22.0 Å². The van der Waals surface area contributed by atoms with Crippen LogP contribution in [0.4, 0.5) is 11.4 Å². The quantitative estimate of drug-likeness (QED) is 0.731. The number of hydroxylamine groups is 2. The van der Waals surface area contributed by atoms with Crippen LogP contribution < -0.4 is 9.96 Å². The van der Waals surface area contributed by atoms with E-state index in [-0.39, 0.29) is 5.06 Å². The summed E-state index contributed by atoms with van der Waals surface area (Å²) in [6, 6.07) is 14.3. The lowest BCUT2D eigenvalue weighted by Gasteiger charge is -2.44. The van der Waals surface area contributed by atoms with Gasteiger partial charge in [0.2, 0.25) is 0 Å². The van der Waals surface area contributed by atoms with Gasteiger partial charge in [0.1, 0.15) is 11.1 Å². The molecule has 130 valence electrons. The Hall–Kier alpha value is -1.46. The number of halogens is 1. The van der Waals surface area contributed by atoms with Crippen LogP contribution in [0.2, 0.25) is 5.02 Å². The summed E-state index contributed by atoms with van der Waals surface area (Å²) in [7, 11) is 0. The second-order valence-electron chi connectivity index (χ2n) is 7.72. The van der Waals surface area contributed by atoms with E-state index >= 15 is 0 Å². The molecule has 2 aliphatic heterocycles. The fourth-order valence-corrected chi connectivity index (χ4v) is 5.05. The van der Waals surface area contributed by atoms with Gasteiger partial charge >= 0.3 is 0 Å². The molecule has 2 aromatic rings. The average Bonchev–Trinajstić information content (AvgIpc) is 2.72. The highest BCUT2D eigenvalue weighted by molar-refractivity contribution is 7.99. The summed E-state index contributed by atoms with van der Waals surface area (Å²) >= 11 is 8.05. The second kappa shape index (κ2) is 5.52. The van der Waals surface area contributed by atoms with Crippen molar-refractivity contribution in [1.82, 2.24) is 0 Å². The van der Waals surface area contributed by atoms with Gasteiger partial charge in [0.05, 0.1) is 17.1 Å². The summed E-state index contributed by atoms with van der Waals surface area (Å²) in [5, 5.41) is 13.9. The molecule has 25 heavy (non-hydrogen) atoms. The molecule has 0 spiro atoms. The van der Waals surface area contributed by atoms with Crippen molar-refractivity contribution in [3.63, 3.8) is 0 Å². The largest absolute Gasteiger partial charge is 0.633 e. The first-order valence-electron chi connectivity index (χ1n) is 8.36. The third-order valence-corrected chi connectivity index (χ3v) is 6.39. The molecule has 0 saturated carbocycles. The number of quaternary nitrogens is 1. The summed E-state index contributed by atoms with van der Waals surface area (Å²) < 4.78 is 0. The predicted molar refractivity (Wildman–Crippen MR) is 105 cm³/mol. The van der Waals surface area contributed by atoms with Crippen molar-refractivity contribution in [1.29, 1.82) is 0 Å². The van der Waals surface area contributed by atoms with Gasteiger partial charge in [-0.05, 0) is 58.0 Å². The highest BCUT2D eigenvalue weighted by Crippen LogP contribution is 2.52. The zero-order valence-electron chi connectivity index (χ0n) is 14.8. The Labute approximate surface area is 157 Å². The molecule has 0 fully saturated rings. The van der Waals surface area contributed by atoms with Crippen LogP contribution in [0.1, 0.15) is 27.7 Å². The minimum Gasteiger partial charge on any atom is -0.633 e. The van der Waals surface area contributed by atoms with E-state index in [2.05, 4.69) is 29.2 Å². The average molecular weight is 373 g/mol. The molecule has 1 unspecified atom stereocenters. The number of para-hydroxylation sites is 1. The van der Waals surface area contributed by atoms with Gasteiger partial charge in [-0.3, -0.25) is 0 Å². The number of benzene rings is 2. The Morgan fingerprint density at radius 2 is 1.68 bits per heavy atom. The number of hydrogen-bond acceptors (Lipinski definition) is 3. The molecule has 2 heterocycles. The first kappa shape index (κ1) is 17.0. The molecule has 0 saturated heterocycles. The van der Waals surface area contributed by atoms with Crippen molar-refractivity contribution in [2.24, 2.45) is 0 Å². The Balaban J connectivity index is 1.98. The highest BCUT2D eigenvalue weighted by Gasteiger charge is 2.49. The Morgan fingerprint density at radius 1 is 1.00 bits per heavy atom. The van der Waals surface area contributed by atoms with Gasteiger partial charge in [0.15, 0.2) is 0 Å². The van der Waals surface area contributed by atoms with Gasteiger partial charge in [-0.1, -0.05) is 35.5 Å². The molecule has 0 amide bonds. The van der Waals surface area contributed by atoms with Crippen molar-refractivity contribution in [2.45, 2.75) is 48.6 Å². The van der Waals surface area contributed by atoms with Crippen LogP contribution in [-0.4, -0.2) is 11.1 Å². The lowest BCUT2D eigenvalue weighted by molar-refractivity contribution is -0.927. The fraction of sp³-hybridized carbons (Fsp3) is 0.300. The molecule has 0 bridgehead atoms. The lowest BCUT2D eigenvalue weighted by atomic mass is 10.00. The zero-order chi connectivity index (χ0) is 18.0. The number of hydrogen-bond donors (Lipinski definition) is 1. The molecular formula is C20H21ClN2OS. The second-order valence-corrected chi connectivity index (χ2v) is 9.24. The first-order valence-corrected chi connectivity index (χ1v) is 9.56. The van der Waals surface area contributed by atoms with Gasteiger partial charge in [-0.2, -0.15) is 0 Å². The Kier molecular flexibility index (Phi) is 3.75. The van der Waals surface area contributed by atoms with Crippen LogP contribution >= 0.6 is 23.4 Å². The molecule has 5 heteroatoms. The van der Waals surface area contributed by atoms with Gasteiger partial charge in [0.25, 0.3) is 0 Å². The van der Waals surface area contributed by atoms with Gasteiger partial charge < -0.3 is 15.2 Å². The molecule has 0 aromatic heterocycles. The lowest BCUT2D eigenvalue weighted by Crippen LogP contribution is -3.20. The molecule has 3 nitrogen and oxygen atoms in total. The molecule has 2 aromatic carbocycles. The highest BCUT2D eigenvalue weighted by atomic mass is 35.5. The number of nitrogens with zero attached hydrogens (tertiary/aromatic N) is 1. The molecular weight excluding hydrogens is 352 g/mol. The van der Waals surface area contributed by atoms with Crippen LogP contribution in [0.25, 0.3) is 0 Å². The summed E-state index contributed by atoms with van der Waals surface area (Å²) in [6.45, 7) is 8.02. The predicted octanol–water partition coefficient (Wildman–Crippen LogP) is 4.78.